The topological polar surface area (TPSA) is 0 Å². The van der Waals surface area contributed by atoms with Crippen LogP contribution in [0, 0.1) is 0 Å². The molecule has 0 N–H and O–H groups in total. The second kappa shape index (κ2) is 12.5. The van der Waals surface area contributed by atoms with Crippen molar-refractivity contribution in [2.75, 3.05) is 6.16 Å². The second-order valence-corrected chi connectivity index (χ2v) is 7.57. The first-order valence-corrected chi connectivity index (χ1v) is 9.75. The van der Waals surface area contributed by atoms with Crippen LogP contribution >= 0.6 is 8.58 Å². The van der Waals surface area contributed by atoms with Gasteiger partial charge in [-0.2, -0.15) is 0 Å². The number of hydrogen-bond donors (Lipinski definition) is 0. The Bertz CT molecular complexity index is 161. The Morgan fingerprint density at radius 3 is 1.89 bits per heavy atom. The molecular weight excluding hydrogens is 235 g/mol. The van der Waals surface area contributed by atoms with E-state index >= 15 is 0 Å². The molecule has 1 fully saturated rings. The lowest BCUT2D eigenvalue weighted by molar-refractivity contribution is 0.512. The Labute approximate surface area is 117 Å². The van der Waals surface area contributed by atoms with Crippen LogP contribution in [-0.2, 0) is 0 Å². The molecule has 0 aliphatic heterocycles. The molecule has 0 aromatic carbocycles. The highest BCUT2D eigenvalue weighted by Gasteiger charge is 2.12. The standard InChI is InChI=1S/C17H34P/c1-2-3-4-5-6-7-8-9-13-16-18-17-14-11-10-12-15-17/h17H,2-16H2,1H3. The minimum absolute atomic E-state index is 1.08. The van der Waals surface area contributed by atoms with E-state index in [1.165, 1.54) is 96.1 Å². The molecule has 0 amide bonds. The molecule has 0 bridgehead atoms. The Hall–Kier alpha value is 0.430. The average Bonchev–Trinajstić information content (AvgIpc) is 2.42. The zero-order valence-corrected chi connectivity index (χ0v) is 13.5. The van der Waals surface area contributed by atoms with Crippen LogP contribution in [0.5, 0.6) is 0 Å². The van der Waals surface area contributed by atoms with Gasteiger partial charge in [-0.3, -0.25) is 0 Å². The minimum atomic E-state index is 1.08. The van der Waals surface area contributed by atoms with Crippen LogP contribution in [-0.4, -0.2) is 11.8 Å². The number of rotatable bonds is 11. The van der Waals surface area contributed by atoms with Crippen molar-refractivity contribution >= 4 is 8.58 Å². The summed E-state index contributed by atoms with van der Waals surface area (Å²) < 4.78 is 0. The molecule has 0 unspecified atom stereocenters. The smallest absolute Gasteiger partial charge is 0.0170 e. The van der Waals surface area contributed by atoms with Gasteiger partial charge in [0.15, 0.2) is 0 Å². The van der Waals surface area contributed by atoms with Crippen molar-refractivity contribution in [2.24, 2.45) is 0 Å². The van der Waals surface area contributed by atoms with E-state index in [1.807, 2.05) is 0 Å². The lowest BCUT2D eigenvalue weighted by Gasteiger charge is -2.20. The van der Waals surface area contributed by atoms with Gasteiger partial charge in [0.05, 0.1) is 0 Å². The monoisotopic (exact) mass is 269 g/mol. The Morgan fingerprint density at radius 2 is 1.28 bits per heavy atom. The van der Waals surface area contributed by atoms with Gasteiger partial charge in [-0.05, 0) is 31.1 Å². The van der Waals surface area contributed by atoms with Crippen molar-refractivity contribution < 1.29 is 0 Å². The number of unbranched alkanes of at least 4 members (excludes halogenated alkanes) is 8. The summed E-state index contributed by atoms with van der Waals surface area (Å²) >= 11 is 0. The van der Waals surface area contributed by atoms with Crippen molar-refractivity contribution in [1.29, 1.82) is 0 Å². The van der Waals surface area contributed by atoms with E-state index in [9.17, 15) is 0 Å². The SMILES string of the molecule is CCCCCCCCCCC[P]C1CCCCC1. The molecule has 1 aliphatic carbocycles. The van der Waals surface area contributed by atoms with Crippen molar-refractivity contribution in [2.45, 2.75) is 102 Å². The predicted molar refractivity (Wildman–Crippen MR) is 85.9 cm³/mol. The maximum absolute atomic E-state index is 2.30. The van der Waals surface area contributed by atoms with Crippen LogP contribution in [0.25, 0.3) is 0 Å². The van der Waals surface area contributed by atoms with Gasteiger partial charge in [-0.1, -0.05) is 86.1 Å². The van der Waals surface area contributed by atoms with Gasteiger partial charge in [0.2, 0.25) is 0 Å². The molecule has 0 heterocycles. The van der Waals surface area contributed by atoms with Gasteiger partial charge in [-0.25, -0.2) is 0 Å². The lowest BCUT2D eigenvalue weighted by Crippen LogP contribution is -2.06. The highest BCUT2D eigenvalue weighted by atomic mass is 31.1. The van der Waals surface area contributed by atoms with E-state index in [0.29, 0.717) is 0 Å². The lowest BCUT2D eigenvalue weighted by atomic mass is 10.0. The van der Waals surface area contributed by atoms with Gasteiger partial charge in [0.1, 0.15) is 0 Å². The van der Waals surface area contributed by atoms with Gasteiger partial charge < -0.3 is 0 Å². The molecule has 1 rings (SSSR count). The summed E-state index contributed by atoms with van der Waals surface area (Å²) in [5, 5.41) is 0. The average molecular weight is 269 g/mol. The summed E-state index contributed by atoms with van der Waals surface area (Å²) in [4.78, 5) is 0. The fraction of sp³-hybridized carbons (Fsp3) is 1.00. The van der Waals surface area contributed by atoms with Crippen LogP contribution in [0.1, 0.15) is 96.8 Å². The van der Waals surface area contributed by atoms with Crippen LogP contribution in [0.3, 0.4) is 0 Å². The molecule has 18 heavy (non-hydrogen) atoms. The van der Waals surface area contributed by atoms with Crippen molar-refractivity contribution in [1.82, 2.24) is 0 Å². The summed E-state index contributed by atoms with van der Waals surface area (Å²) in [6.07, 6.45) is 22.3. The minimum Gasteiger partial charge on any atom is -0.0775 e. The Morgan fingerprint density at radius 1 is 0.722 bits per heavy atom. The van der Waals surface area contributed by atoms with E-state index < -0.39 is 0 Å². The zero-order chi connectivity index (χ0) is 12.9. The van der Waals surface area contributed by atoms with Crippen LogP contribution < -0.4 is 0 Å². The fourth-order valence-electron chi connectivity index (χ4n) is 2.96. The third-order valence-electron chi connectivity index (χ3n) is 4.22. The first-order valence-electron chi connectivity index (χ1n) is 8.60. The predicted octanol–water partition coefficient (Wildman–Crippen LogP) is 6.80. The molecule has 0 aromatic heterocycles. The summed E-state index contributed by atoms with van der Waals surface area (Å²) in [5.74, 6) is 0. The third-order valence-corrected chi connectivity index (χ3v) is 5.83. The third kappa shape index (κ3) is 9.37. The summed E-state index contributed by atoms with van der Waals surface area (Å²) in [6, 6.07) is 0. The van der Waals surface area contributed by atoms with Crippen molar-refractivity contribution in [3.05, 3.63) is 0 Å². The summed E-state index contributed by atoms with van der Waals surface area (Å²) in [5.41, 5.74) is 1.08. The second-order valence-electron chi connectivity index (χ2n) is 6.03. The molecule has 0 nitrogen and oxygen atoms in total. The first kappa shape index (κ1) is 16.5. The first-order chi connectivity index (χ1) is 8.93. The van der Waals surface area contributed by atoms with Gasteiger partial charge >= 0.3 is 0 Å². The molecule has 1 aliphatic rings. The molecule has 1 heteroatoms. The normalized spacial score (nSPS) is 17.8. The maximum atomic E-state index is 2.30. The quantitative estimate of drug-likeness (QED) is 0.286. The molecule has 0 saturated heterocycles. The zero-order valence-electron chi connectivity index (χ0n) is 12.6. The molecular formula is C17H34P. The van der Waals surface area contributed by atoms with Crippen molar-refractivity contribution in [3.63, 3.8) is 0 Å². The molecule has 1 saturated carbocycles. The van der Waals surface area contributed by atoms with E-state index in [-0.39, 0.29) is 0 Å². The van der Waals surface area contributed by atoms with E-state index in [4.69, 9.17) is 0 Å². The van der Waals surface area contributed by atoms with Crippen LogP contribution in [0.2, 0.25) is 0 Å². The highest BCUT2D eigenvalue weighted by Crippen LogP contribution is 2.33. The van der Waals surface area contributed by atoms with Crippen molar-refractivity contribution in [3.8, 4) is 0 Å². The van der Waals surface area contributed by atoms with Crippen LogP contribution in [0.4, 0.5) is 0 Å². The van der Waals surface area contributed by atoms with E-state index in [1.54, 1.807) is 8.58 Å². The summed E-state index contributed by atoms with van der Waals surface area (Å²) in [7, 11) is 1.78. The van der Waals surface area contributed by atoms with E-state index in [2.05, 4.69) is 6.92 Å². The Kier molecular flexibility index (Phi) is 11.4. The molecule has 0 atom stereocenters. The molecule has 0 aromatic rings. The van der Waals surface area contributed by atoms with E-state index in [0.717, 1.165) is 5.66 Å². The molecule has 0 spiro atoms. The highest BCUT2D eigenvalue weighted by molar-refractivity contribution is 7.38. The summed E-state index contributed by atoms with van der Waals surface area (Å²) in [6.45, 7) is 2.30. The Balaban J connectivity index is 1.73. The van der Waals surface area contributed by atoms with Crippen LogP contribution in [0.15, 0.2) is 0 Å². The molecule has 107 valence electrons. The molecule has 1 radical (unpaired) electrons. The largest absolute Gasteiger partial charge is 0.0775 e. The maximum Gasteiger partial charge on any atom is -0.0170 e. The van der Waals surface area contributed by atoms with Gasteiger partial charge in [-0.15, -0.1) is 0 Å². The van der Waals surface area contributed by atoms with Gasteiger partial charge in [0.25, 0.3) is 0 Å². The van der Waals surface area contributed by atoms with Gasteiger partial charge in [0, 0.05) is 0 Å². The fourth-order valence-corrected chi connectivity index (χ4v) is 4.46. The number of hydrogen-bond acceptors (Lipinski definition) is 0.